The van der Waals surface area contributed by atoms with Crippen LogP contribution in [0.4, 0.5) is 0 Å². The number of benzene rings is 1. The molecule has 8 heteroatoms. The monoisotopic (exact) mass is 312 g/mol. The Bertz CT molecular complexity index is 655. The first-order chi connectivity index (χ1) is 9.49. The van der Waals surface area contributed by atoms with Crippen molar-refractivity contribution in [3.05, 3.63) is 46.5 Å². The summed E-state index contributed by atoms with van der Waals surface area (Å²) in [5.74, 6) is 0. The Labute approximate surface area is 122 Å². The normalized spacial score (nSPS) is 11.9. The molecule has 0 fully saturated rings. The van der Waals surface area contributed by atoms with Crippen molar-refractivity contribution < 1.29 is 8.42 Å². The first-order valence-corrected chi connectivity index (χ1v) is 8.23. The Balaban J connectivity index is 1.97. The lowest BCUT2D eigenvalue weighted by Gasteiger charge is -2.17. The van der Waals surface area contributed by atoms with E-state index in [1.165, 1.54) is 22.9 Å². The average molecular weight is 312 g/mol. The minimum absolute atomic E-state index is 0.271. The number of aryl methyl sites for hydroxylation is 1. The van der Waals surface area contributed by atoms with Crippen LogP contribution in [0.2, 0.25) is 0 Å². The zero-order valence-electron chi connectivity index (χ0n) is 11.3. The molecule has 2 aromatic rings. The van der Waals surface area contributed by atoms with Gasteiger partial charge < -0.3 is 0 Å². The van der Waals surface area contributed by atoms with Gasteiger partial charge in [-0.05, 0) is 24.0 Å². The smallest absolute Gasteiger partial charge is 0.198 e. The summed E-state index contributed by atoms with van der Waals surface area (Å²) in [5, 5.41) is 3.87. The predicted molar refractivity (Wildman–Crippen MR) is 78.3 cm³/mol. The highest BCUT2D eigenvalue weighted by Gasteiger charge is 2.19. The fraction of sp³-hybridized carbons (Fsp3) is 0.333. The van der Waals surface area contributed by atoms with Crippen molar-refractivity contribution in [1.29, 1.82) is 0 Å². The van der Waals surface area contributed by atoms with E-state index in [0.29, 0.717) is 0 Å². The highest BCUT2D eigenvalue weighted by atomic mass is 32.2. The summed E-state index contributed by atoms with van der Waals surface area (Å²) in [4.78, 5) is 0.845. The summed E-state index contributed by atoms with van der Waals surface area (Å²) in [6, 6.07) is 9.39. The highest BCUT2D eigenvalue weighted by molar-refractivity contribution is 7.87. The van der Waals surface area contributed by atoms with E-state index in [-0.39, 0.29) is 13.1 Å². The Morgan fingerprint density at radius 1 is 1.30 bits per heavy atom. The van der Waals surface area contributed by atoms with Crippen molar-refractivity contribution in [2.24, 2.45) is 0 Å². The molecule has 1 heterocycles. The van der Waals surface area contributed by atoms with Crippen LogP contribution in [0.25, 0.3) is 0 Å². The van der Waals surface area contributed by atoms with Gasteiger partial charge in [0.25, 0.3) is 10.2 Å². The third-order valence-corrected chi connectivity index (χ3v) is 5.09. The molecule has 0 saturated carbocycles. The van der Waals surface area contributed by atoms with Gasteiger partial charge in [0, 0.05) is 13.6 Å². The van der Waals surface area contributed by atoms with E-state index in [0.717, 1.165) is 16.1 Å². The standard InChI is InChI=1S/C12H16N4O2S2/c1-10-12(19-15-14-10)9-16(2)20(17,18)13-8-11-6-4-3-5-7-11/h3-7,13H,8-9H2,1-2H3. The lowest BCUT2D eigenvalue weighted by atomic mass is 10.2. The molecule has 0 spiro atoms. The molecular formula is C12H16N4O2S2. The van der Waals surface area contributed by atoms with Gasteiger partial charge in [-0.3, -0.25) is 0 Å². The molecule has 0 aliphatic carbocycles. The molecule has 0 aliphatic heterocycles. The van der Waals surface area contributed by atoms with Crippen LogP contribution < -0.4 is 4.72 Å². The van der Waals surface area contributed by atoms with Crippen LogP contribution in [0.3, 0.4) is 0 Å². The molecule has 0 amide bonds. The second-order valence-electron chi connectivity index (χ2n) is 4.35. The fourth-order valence-electron chi connectivity index (χ4n) is 1.56. The molecule has 1 N–H and O–H groups in total. The number of nitrogens with zero attached hydrogens (tertiary/aromatic N) is 3. The Kier molecular flexibility index (Phi) is 4.81. The van der Waals surface area contributed by atoms with E-state index in [4.69, 9.17) is 0 Å². The molecule has 0 atom stereocenters. The van der Waals surface area contributed by atoms with E-state index in [1.54, 1.807) is 0 Å². The van der Waals surface area contributed by atoms with Gasteiger partial charge in [-0.25, -0.2) is 0 Å². The molecule has 20 heavy (non-hydrogen) atoms. The first-order valence-electron chi connectivity index (χ1n) is 6.02. The van der Waals surface area contributed by atoms with Gasteiger partial charge in [0.15, 0.2) is 0 Å². The van der Waals surface area contributed by atoms with E-state index in [2.05, 4.69) is 14.3 Å². The second-order valence-corrected chi connectivity index (χ2v) is 7.05. The molecule has 1 aromatic carbocycles. The maximum absolute atomic E-state index is 12.1. The van der Waals surface area contributed by atoms with Gasteiger partial charge >= 0.3 is 0 Å². The van der Waals surface area contributed by atoms with Crippen LogP contribution in [0.1, 0.15) is 16.1 Å². The van der Waals surface area contributed by atoms with Crippen LogP contribution in [-0.2, 0) is 23.3 Å². The molecule has 2 rings (SSSR count). The van der Waals surface area contributed by atoms with Crippen molar-refractivity contribution in [3.8, 4) is 0 Å². The highest BCUT2D eigenvalue weighted by Crippen LogP contribution is 2.13. The second kappa shape index (κ2) is 6.40. The molecule has 1 aromatic heterocycles. The van der Waals surface area contributed by atoms with Crippen LogP contribution in [0, 0.1) is 6.92 Å². The SMILES string of the molecule is Cc1nnsc1CN(C)S(=O)(=O)NCc1ccccc1. The van der Waals surface area contributed by atoms with Gasteiger partial charge in [0.2, 0.25) is 0 Å². The van der Waals surface area contributed by atoms with Crippen LogP contribution in [-0.4, -0.2) is 29.4 Å². The molecule has 0 bridgehead atoms. The molecule has 108 valence electrons. The predicted octanol–water partition coefficient (Wildman–Crippen LogP) is 1.31. The summed E-state index contributed by atoms with van der Waals surface area (Å²) in [5.41, 5.74) is 1.68. The minimum Gasteiger partial charge on any atom is -0.198 e. The van der Waals surface area contributed by atoms with Gasteiger partial charge in [-0.1, -0.05) is 34.8 Å². The van der Waals surface area contributed by atoms with Crippen LogP contribution in [0.5, 0.6) is 0 Å². The summed E-state index contributed by atoms with van der Waals surface area (Å²) in [6.45, 7) is 2.36. The maximum Gasteiger partial charge on any atom is 0.279 e. The first kappa shape index (κ1) is 15.0. The zero-order valence-corrected chi connectivity index (χ0v) is 12.9. The molecule has 6 nitrogen and oxygen atoms in total. The Morgan fingerprint density at radius 2 is 2.00 bits per heavy atom. The van der Waals surface area contributed by atoms with Crippen LogP contribution in [0.15, 0.2) is 30.3 Å². The third kappa shape index (κ3) is 3.83. The molecule has 0 aliphatic rings. The van der Waals surface area contributed by atoms with Gasteiger partial charge in [-0.15, -0.1) is 5.10 Å². The van der Waals surface area contributed by atoms with Gasteiger partial charge in [0.05, 0.1) is 17.1 Å². The van der Waals surface area contributed by atoms with Gasteiger partial charge in [-0.2, -0.15) is 17.4 Å². The number of nitrogens with one attached hydrogen (secondary N) is 1. The van der Waals surface area contributed by atoms with Gasteiger partial charge in [0.1, 0.15) is 0 Å². The van der Waals surface area contributed by atoms with E-state index in [9.17, 15) is 8.42 Å². The molecule has 0 saturated heterocycles. The summed E-state index contributed by atoms with van der Waals surface area (Å²) >= 11 is 1.21. The molecule has 0 unspecified atom stereocenters. The number of aromatic nitrogens is 2. The Morgan fingerprint density at radius 3 is 2.60 bits per heavy atom. The van der Waals surface area contributed by atoms with Crippen LogP contribution >= 0.6 is 11.5 Å². The quantitative estimate of drug-likeness (QED) is 0.873. The van der Waals surface area contributed by atoms with Crippen molar-refractivity contribution >= 4 is 21.7 Å². The number of rotatable bonds is 6. The minimum atomic E-state index is -3.52. The fourth-order valence-corrected chi connectivity index (χ4v) is 3.20. The zero-order chi connectivity index (χ0) is 14.6. The summed E-state index contributed by atoms with van der Waals surface area (Å²) in [6.07, 6.45) is 0. The van der Waals surface area contributed by atoms with Crippen molar-refractivity contribution in [2.45, 2.75) is 20.0 Å². The molecule has 0 radical (unpaired) electrons. The van der Waals surface area contributed by atoms with Crippen molar-refractivity contribution in [3.63, 3.8) is 0 Å². The Hall–Kier alpha value is -1.35. The van der Waals surface area contributed by atoms with Crippen molar-refractivity contribution in [2.75, 3.05) is 7.05 Å². The number of hydrogen-bond donors (Lipinski definition) is 1. The summed E-state index contributed by atoms with van der Waals surface area (Å²) < 4.78 is 31.9. The lowest BCUT2D eigenvalue weighted by Crippen LogP contribution is -2.37. The average Bonchev–Trinajstić information content (AvgIpc) is 2.83. The maximum atomic E-state index is 12.1. The summed E-state index contributed by atoms with van der Waals surface area (Å²) in [7, 11) is -1.98. The topological polar surface area (TPSA) is 75.2 Å². The largest absolute Gasteiger partial charge is 0.279 e. The van der Waals surface area contributed by atoms with E-state index >= 15 is 0 Å². The third-order valence-electron chi connectivity index (χ3n) is 2.82. The number of hydrogen-bond acceptors (Lipinski definition) is 5. The van der Waals surface area contributed by atoms with E-state index in [1.807, 2.05) is 37.3 Å². The van der Waals surface area contributed by atoms with Crippen molar-refractivity contribution in [1.82, 2.24) is 18.6 Å². The molecular weight excluding hydrogens is 296 g/mol. The lowest BCUT2D eigenvalue weighted by molar-refractivity contribution is 0.456. The van der Waals surface area contributed by atoms with E-state index < -0.39 is 10.2 Å².